The third-order valence-electron chi connectivity index (χ3n) is 8.28. The van der Waals surface area contributed by atoms with Crippen LogP contribution < -0.4 is 9.64 Å². The van der Waals surface area contributed by atoms with Crippen molar-refractivity contribution < 1.29 is 24.3 Å². The van der Waals surface area contributed by atoms with Crippen LogP contribution in [0.15, 0.2) is 59.1 Å². The van der Waals surface area contributed by atoms with Gasteiger partial charge < -0.3 is 24.4 Å². The van der Waals surface area contributed by atoms with Crippen LogP contribution >= 0.6 is 46.1 Å². The van der Waals surface area contributed by atoms with E-state index in [-0.39, 0.29) is 12.2 Å². The number of fused-ring (bicyclic) bond motifs is 1. The number of hydrogen-bond acceptors (Lipinski definition) is 8. The van der Waals surface area contributed by atoms with Gasteiger partial charge in [0, 0.05) is 30.1 Å². The molecule has 0 amide bonds. The molecule has 226 valence electrons. The normalized spacial score (nSPS) is 16.4. The SMILES string of the molecule is O=C(O)c1ccc2nc(N3CCC(O)(c4ccc(OCc5c(-c6c(Cl)cccc6Cl)noc5C5CC5)cc4Cl)CC3)sc2c1. The van der Waals surface area contributed by atoms with Crippen molar-refractivity contribution in [3.8, 4) is 17.0 Å². The summed E-state index contributed by atoms with van der Waals surface area (Å²) in [4.78, 5) is 18.1. The monoisotopic (exact) mass is 669 g/mol. The van der Waals surface area contributed by atoms with Crippen molar-refractivity contribution in [2.45, 2.75) is 43.8 Å². The van der Waals surface area contributed by atoms with E-state index in [1.807, 2.05) is 12.1 Å². The number of anilines is 1. The van der Waals surface area contributed by atoms with Crippen LogP contribution in [-0.2, 0) is 12.2 Å². The molecular weight excluding hydrogens is 645 g/mol. The molecule has 2 N–H and O–H groups in total. The van der Waals surface area contributed by atoms with Crippen molar-refractivity contribution in [1.82, 2.24) is 10.1 Å². The molecular formula is C32H26Cl3N3O5S. The van der Waals surface area contributed by atoms with E-state index in [4.69, 9.17) is 44.1 Å². The minimum absolute atomic E-state index is 0.192. The number of benzene rings is 3. The summed E-state index contributed by atoms with van der Waals surface area (Å²) in [6.07, 6.45) is 2.96. The Kier molecular flexibility index (Phi) is 7.71. The first-order chi connectivity index (χ1) is 21.2. The lowest BCUT2D eigenvalue weighted by molar-refractivity contribution is 0.0118. The summed E-state index contributed by atoms with van der Waals surface area (Å²) in [7, 11) is 0. The molecule has 7 rings (SSSR count). The molecule has 0 spiro atoms. The van der Waals surface area contributed by atoms with Crippen LogP contribution in [0.4, 0.5) is 5.13 Å². The number of ether oxygens (including phenoxy) is 1. The maximum Gasteiger partial charge on any atom is 0.335 e. The minimum Gasteiger partial charge on any atom is -0.489 e. The fraction of sp³-hybridized carbons (Fsp3) is 0.281. The van der Waals surface area contributed by atoms with E-state index in [9.17, 15) is 15.0 Å². The third kappa shape index (κ3) is 5.52. The zero-order valence-corrected chi connectivity index (χ0v) is 26.3. The maximum absolute atomic E-state index is 11.6. The number of carboxylic acids is 1. The van der Waals surface area contributed by atoms with Crippen LogP contribution in [0, 0.1) is 0 Å². The second kappa shape index (κ2) is 11.5. The summed E-state index contributed by atoms with van der Waals surface area (Å²) in [6.45, 7) is 1.33. The summed E-state index contributed by atoms with van der Waals surface area (Å²) in [5, 5.41) is 27.4. The standard InChI is InChI=1S/C32H26Cl3N3O5S/c33-22-2-1-3-23(34)27(22)28-20(29(43-37-28)17-4-5-17)16-42-19-7-8-21(24(35)15-19)32(41)10-12-38(13-11-32)31-36-25-9-6-18(30(39)40)14-26(25)44-31/h1-3,6-9,14-15,17,41H,4-5,10-13,16H2,(H,39,40). The van der Waals surface area contributed by atoms with Gasteiger partial charge in [0.2, 0.25) is 0 Å². The van der Waals surface area contributed by atoms with Gasteiger partial charge in [-0.15, -0.1) is 0 Å². The van der Waals surface area contributed by atoms with E-state index >= 15 is 0 Å². The highest BCUT2D eigenvalue weighted by Crippen LogP contribution is 2.46. The lowest BCUT2D eigenvalue weighted by Crippen LogP contribution is -2.42. The lowest BCUT2D eigenvalue weighted by atomic mass is 9.84. The van der Waals surface area contributed by atoms with Crippen molar-refractivity contribution in [3.63, 3.8) is 0 Å². The molecule has 2 aliphatic rings. The summed E-state index contributed by atoms with van der Waals surface area (Å²) >= 11 is 21.2. The quantitative estimate of drug-likeness (QED) is 0.169. The third-order valence-corrected chi connectivity index (χ3v) is 10.3. The van der Waals surface area contributed by atoms with Crippen molar-refractivity contribution in [2.24, 2.45) is 0 Å². The van der Waals surface area contributed by atoms with E-state index in [2.05, 4.69) is 15.0 Å². The molecule has 3 heterocycles. The molecule has 2 fully saturated rings. The van der Waals surface area contributed by atoms with E-state index in [1.165, 1.54) is 11.3 Å². The van der Waals surface area contributed by atoms with Crippen LogP contribution in [0.25, 0.3) is 21.5 Å². The number of carboxylic acid groups (broad SMARTS) is 1. The molecule has 0 radical (unpaired) electrons. The van der Waals surface area contributed by atoms with Gasteiger partial charge in [-0.05, 0) is 68.1 Å². The Balaban J connectivity index is 1.06. The van der Waals surface area contributed by atoms with Crippen molar-refractivity contribution in [1.29, 1.82) is 0 Å². The summed E-state index contributed by atoms with van der Waals surface area (Å²) in [5.74, 6) is 0.669. The number of halogens is 3. The second-order valence-electron chi connectivity index (χ2n) is 11.2. The topological polar surface area (TPSA) is 109 Å². The zero-order valence-electron chi connectivity index (χ0n) is 23.2. The molecule has 0 atom stereocenters. The number of aromatic carboxylic acids is 1. The predicted molar refractivity (Wildman–Crippen MR) is 172 cm³/mol. The van der Waals surface area contributed by atoms with E-state index in [0.717, 1.165) is 39.5 Å². The first kappa shape index (κ1) is 29.4. The van der Waals surface area contributed by atoms with Crippen LogP contribution in [-0.4, -0.2) is 39.4 Å². The van der Waals surface area contributed by atoms with Gasteiger partial charge in [-0.1, -0.05) is 63.4 Å². The lowest BCUT2D eigenvalue weighted by Gasteiger charge is -2.38. The van der Waals surface area contributed by atoms with E-state index < -0.39 is 11.6 Å². The Hall–Kier alpha value is -3.34. The zero-order chi connectivity index (χ0) is 30.6. The highest BCUT2D eigenvalue weighted by atomic mass is 35.5. The molecule has 1 aliphatic carbocycles. The van der Waals surface area contributed by atoms with Crippen LogP contribution in [0.5, 0.6) is 5.75 Å². The number of aromatic nitrogens is 2. The fourth-order valence-electron chi connectivity index (χ4n) is 5.68. The summed E-state index contributed by atoms with van der Waals surface area (Å²) in [6, 6.07) is 15.6. The van der Waals surface area contributed by atoms with Gasteiger partial charge in [0.15, 0.2) is 5.13 Å². The molecule has 1 saturated heterocycles. The van der Waals surface area contributed by atoms with Crippen LogP contribution in [0.2, 0.25) is 15.1 Å². The van der Waals surface area contributed by atoms with E-state index in [1.54, 1.807) is 42.5 Å². The number of rotatable bonds is 8. The average molecular weight is 671 g/mol. The Bertz CT molecular complexity index is 1880. The number of thiazole rings is 1. The number of aliphatic hydroxyl groups is 1. The average Bonchev–Trinajstić information content (AvgIpc) is 3.62. The predicted octanol–water partition coefficient (Wildman–Crippen LogP) is 8.55. The molecule has 44 heavy (non-hydrogen) atoms. The highest BCUT2D eigenvalue weighted by molar-refractivity contribution is 7.22. The largest absolute Gasteiger partial charge is 0.489 e. The van der Waals surface area contributed by atoms with Gasteiger partial charge in [0.25, 0.3) is 0 Å². The summed E-state index contributed by atoms with van der Waals surface area (Å²) in [5.41, 5.74) is 2.52. The van der Waals surface area contributed by atoms with Crippen molar-refractivity contribution in [3.05, 3.63) is 92.1 Å². The molecule has 8 nitrogen and oxygen atoms in total. The van der Waals surface area contributed by atoms with Crippen molar-refractivity contribution >= 4 is 67.5 Å². The van der Waals surface area contributed by atoms with Crippen LogP contribution in [0.3, 0.4) is 0 Å². The Morgan fingerprint density at radius 2 is 1.80 bits per heavy atom. The van der Waals surface area contributed by atoms with Crippen LogP contribution in [0.1, 0.15) is 58.8 Å². The Labute approximate surface area is 271 Å². The van der Waals surface area contributed by atoms with Gasteiger partial charge in [0.1, 0.15) is 23.8 Å². The summed E-state index contributed by atoms with van der Waals surface area (Å²) < 4.78 is 12.7. The first-order valence-electron chi connectivity index (χ1n) is 14.2. The second-order valence-corrected chi connectivity index (χ2v) is 13.4. The minimum atomic E-state index is -1.11. The number of piperidine rings is 1. The Morgan fingerprint density at radius 1 is 1.05 bits per heavy atom. The Morgan fingerprint density at radius 3 is 2.48 bits per heavy atom. The highest BCUT2D eigenvalue weighted by Gasteiger charge is 2.37. The molecule has 3 aromatic carbocycles. The first-order valence-corrected chi connectivity index (χ1v) is 16.1. The van der Waals surface area contributed by atoms with Gasteiger partial charge in [-0.2, -0.15) is 0 Å². The molecule has 2 aromatic heterocycles. The maximum atomic E-state index is 11.6. The number of carbonyl (C=O) groups is 1. The fourth-order valence-corrected chi connectivity index (χ4v) is 7.66. The molecule has 0 unspecified atom stereocenters. The van der Waals surface area contributed by atoms with Crippen molar-refractivity contribution in [2.75, 3.05) is 18.0 Å². The molecule has 1 saturated carbocycles. The molecule has 1 aliphatic heterocycles. The van der Waals surface area contributed by atoms with Gasteiger partial charge in [0.05, 0.1) is 42.0 Å². The van der Waals surface area contributed by atoms with Gasteiger partial charge in [-0.25, -0.2) is 9.78 Å². The molecule has 5 aromatic rings. The molecule has 12 heteroatoms. The van der Waals surface area contributed by atoms with E-state index in [0.29, 0.717) is 69.5 Å². The number of hydrogen-bond donors (Lipinski definition) is 2. The van der Waals surface area contributed by atoms with Gasteiger partial charge in [-0.3, -0.25) is 0 Å². The van der Waals surface area contributed by atoms with Gasteiger partial charge >= 0.3 is 5.97 Å². The number of nitrogens with zero attached hydrogens (tertiary/aromatic N) is 3. The smallest absolute Gasteiger partial charge is 0.335 e. The molecule has 0 bridgehead atoms.